The van der Waals surface area contributed by atoms with E-state index in [1.807, 2.05) is 13.0 Å². The molecule has 1 N–H and O–H groups in total. The molecule has 1 fully saturated rings. The van der Waals surface area contributed by atoms with Gasteiger partial charge in [0.2, 0.25) is 5.75 Å². The number of hydrogen-bond acceptors (Lipinski definition) is 4. The normalized spacial score (nSPS) is 18.7. The van der Waals surface area contributed by atoms with Crippen LogP contribution in [-0.4, -0.2) is 27.4 Å². The molecule has 1 atom stereocenters. The zero-order valence-electron chi connectivity index (χ0n) is 11.3. The zero-order chi connectivity index (χ0) is 13.0. The van der Waals surface area contributed by atoms with E-state index in [1.54, 1.807) is 14.2 Å². The van der Waals surface area contributed by atoms with Crippen molar-refractivity contribution in [2.24, 2.45) is 0 Å². The lowest BCUT2D eigenvalue weighted by Crippen LogP contribution is -2.14. The highest BCUT2D eigenvalue weighted by Gasteiger charge is 2.24. The summed E-state index contributed by atoms with van der Waals surface area (Å²) in [4.78, 5) is 0. The summed E-state index contributed by atoms with van der Waals surface area (Å²) in [6, 6.07) is 4.36. The van der Waals surface area contributed by atoms with Crippen molar-refractivity contribution in [1.82, 2.24) is 5.32 Å². The largest absolute Gasteiger partial charge is 0.493 e. The van der Waals surface area contributed by atoms with E-state index in [0.717, 1.165) is 24.3 Å². The SMILES string of the molecule is CCOc1c(C2CCCN2)ccc(OC)c1OC. The fourth-order valence-corrected chi connectivity index (χ4v) is 2.43. The molecule has 1 aliphatic rings. The maximum atomic E-state index is 5.77. The molecule has 0 spiro atoms. The van der Waals surface area contributed by atoms with Crippen molar-refractivity contribution in [3.63, 3.8) is 0 Å². The van der Waals surface area contributed by atoms with Gasteiger partial charge in [-0.15, -0.1) is 0 Å². The van der Waals surface area contributed by atoms with Crippen molar-refractivity contribution in [2.75, 3.05) is 27.4 Å². The smallest absolute Gasteiger partial charge is 0.203 e. The predicted molar refractivity (Wildman–Crippen MR) is 70.7 cm³/mol. The van der Waals surface area contributed by atoms with Gasteiger partial charge in [0.05, 0.1) is 20.8 Å². The minimum Gasteiger partial charge on any atom is -0.493 e. The van der Waals surface area contributed by atoms with E-state index in [4.69, 9.17) is 14.2 Å². The Morgan fingerprint density at radius 3 is 2.61 bits per heavy atom. The highest BCUT2D eigenvalue weighted by atomic mass is 16.5. The minimum absolute atomic E-state index is 0.353. The molecule has 0 aliphatic carbocycles. The Balaban J connectivity index is 2.44. The Hall–Kier alpha value is -1.42. The van der Waals surface area contributed by atoms with Crippen molar-refractivity contribution in [1.29, 1.82) is 0 Å². The first-order chi connectivity index (χ1) is 8.81. The van der Waals surface area contributed by atoms with Crippen molar-refractivity contribution in [2.45, 2.75) is 25.8 Å². The van der Waals surface area contributed by atoms with Gasteiger partial charge < -0.3 is 19.5 Å². The van der Waals surface area contributed by atoms with E-state index < -0.39 is 0 Å². The van der Waals surface area contributed by atoms with E-state index in [1.165, 1.54) is 6.42 Å². The monoisotopic (exact) mass is 251 g/mol. The summed E-state index contributed by atoms with van der Waals surface area (Å²) in [5.41, 5.74) is 1.16. The van der Waals surface area contributed by atoms with Crippen LogP contribution in [0.2, 0.25) is 0 Å². The van der Waals surface area contributed by atoms with E-state index in [0.29, 0.717) is 24.1 Å². The van der Waals surface area contributed by atoms with Gasteiger partial charge in [-0.1, -0.05) is 0 Å². The van der Waals surface area contributed by atoms with Crippen molar-refractivity contribution in [3.05, 3.63) is 17.7 Å². The molecule has 1 aromatic rings. The molecular weight excluding hydrogens is 230 g/mol. The zero-order valence-corrected chi connectivity index (χ0v) is 11.3. The van der Waals surface area contributed by atoms with Gasteiger partial charge in [-0.2, -0.15) is 0 Å². The molecule has 0 radical (unpaired) electrons. The molecule has 18 heavy (non-hydrogen) atoms. The number of rotatable bonds is 5. The van der Waals surface area contributed by atoms with Crippen LogP contribution in [-0.2, 0) is 0 Å². The Morgan fingerprint density at radius 2 is 2.06 bits per heavy atom. The van der Waals surface area contributed by atoms with Crippen LogP contribution in [0, 0.1) is 0 Å². The second kappa shape index (κ2) is 5.96. The Labute approximate surface area is 108 Å². The van der Waals surface area contributed by atoms with E-state index in [9.17, 15) is 0 Å². The maximum Gasteiger partial charge on any atom is 0.203 e. The quantitative estimate of drug-likeness (QED) is 0.873. The fourth-order valence-electron chi connectivity index (χ4n) is 2.43. The summed E-state index contributed by atoms with van der Waals surface area (Å²) in [6.07, 6.45) is 2.33. The third kappa shape index (κ3) is 2.38. The molecule has 0 aromatic heterocycles. The van der Waals surface area contributed by atoms with Gasteiger partial charge in [-0.3, -0.25) is 0 Å². The van der Waals surface area contributed by atoms with Crippen LogP contribution in [0.25, 0.3) is 0 Å². The van der Waals surface area contributed by atoms with Crippen LogP contribution in [0.5, 0.6) is 17.2 Å². The Bertz CT molecular complexity index is 400. The number of benzene rings is 1. The lowest BCUT2D eigenvalue weighted by molar-refractivity contribution is 0.291. The third-order valence-corrected chi connectivity index (χ3v) is 3.25. The number of ether oxygens (including phenoxy) is 3. The molecule has 1 unspecified atom stereocenters. The van der Waals surface area contributed by atoms with Gasteiger partial charge >= 0.3 is 0 Å². The van der Waals surface area contributed by atoms with Crippen LogP contribution < -0.4 is 19.5 Å². The molecular formula is C14H21NO3. The highest BCUT2D eigenvalue weighted by molar-refractivity contribution is 5.56. The average Bonchev–Trinajstić information content (AvgIpc) is 2.92. The molecule has 100 valence electrons. The van der Waals surface area contributed by atoms with Gasteiger partial charge in [0, 0.05) is 11.6 Å². The first-order valence-corrected chi connectivity index (χ1v) is 6.42. The molecule has 0 saturated carbocycles. The van der Waals surface area contributed by atoms with Gasteiger partial charge in [-0.05, 0) is 38.4 Å². The Kier molecular flexibility index (Phi) is 4.31. The molecule has 0 bridgehead atoms. The molecule has 1 heterocycles. The summed E-state index contributed by atoms with van der Waals surface area (Å²) in [6.45, 7) is 3.65. The van der Waals surface area contributed by atoms with Gasteiger partial charge in [-0.25, -0.2) is 0 Å². The van der Waals surface area contributed by atoms with Crippen LogP contribution in [0.4, 0.5) is 0 Å². The lowest BCUT2D eigenvalue weighted by atomic mass is 10.0. The van der Waals surface area contributed by atoms with Gasteiger partial charge in [0.15, 0.2) is 11.5 Å². The van der Waals surface area contributed by atoms with Crippen molar-refractivity contribution in [3.8, 4) is 17.2 Å². The number of hydrogen-bond donors (Lipinski definition) is 1. The maximum absolute atomic E-state index is 5.77. The van der Waals surface area contributed by atoms with Gasteiger partial charge in [0.25, 0.3) is 0 Å². The van der Waals surface area contributed by atoms with Gasteiger partial charge in [0.1, 0.15) is 0 Å². The Morgan fingerprint density at radius 1 is 1.22 bits per heavy atom. The number of nitrogens with one attached hydrogen (secondary N) is 1. The molecule has 0 amide bonds. The van der Waals surface area contributed by atoms with E-state index in [-0.39, 0.29) is 0 Å². The minimum atomic E-state index is 0.353. The summed E-state index contributed by atoms with van der Waals surface area (Å²) >= 11 is 0. The first kappa shape index (κ1) is 13.0. The lowest BCUT2D eigenvalue weighted by Gasteiger charge is -2.20. The fraction of sp³-hybridized carbons (Fsp3) is 0.571. The summed E-state index contributed by atoms with van der Waals surface area (Å²) in [5, 5.41) is 3.48. The number of methoxy groups -OCH3 is 2. The average molecular weight is 251 g/mol. The molecule has 4 nitrogen and oxygen atoms in total. The topological polar surface area (TPSA) is 39.7 Å². The second-order valence-electron chi connectivity index (χ2n) is 4.30. The summed E-state index contributed by atoms with van der Waals surface area (Å²) in [7, 11) is 3.29. The standard InChI is InChI=1S/C14H21NO3/c1-4-18-13-10(11-6-5-9-15-11)7-8-12(16-2)14(13)17-3/h7-8,11,15H,4-6,9H2,1-3H3. The highest BCUT2D eigenvalue weighted by Crippen LogP contribution is 2.43. The third-order valence-electron chi connectivity index (χ3n) is 3.25. The van der Waals surface area contributed by atoms with E-state index in [2.05, 4.69) is 11.4 Å². The predicted octanol–water partition coefficient (Wildman–Crippen LogP) is 2.53. The first-order valence-electron chi connectivity index (χ1n) is 6.42. The van der Waals surface area contributed by atoms with E-state index >= 15 is 0 Å². The van der Waals surface area contributed by atoms with Crippen molar-refractivity contribution >= 4 is 0 Å². The van der Waals surface area contributed by atoms with Crippen LogP contribution in [0.15, 0.2) is 12.1 Å². The molecule has 1 aliphatic heterocycles. The summed E-state index contributed by atoms with van der Waals surface area (Å²) in [5.74, 6) is 2.20. The molecule has 2 rings (SSSR count). The van der Waals surface area contributed by atoms with Crippen LogP contribution in [0.1, 0.15) is 31.4 Å². The molecule has 1 saturated heterocycles. The second-order valence-corrected chi connectivity index (χ2v) is 4.30. The van der Waals surface area contributed by atoms with Crippen LogP contribution in [0.3, 0.4) is 0 Å². The van der Waals surface area contributed by atoms with Crippen LogP contribution >= 0.6 is 0 Å². The molecule has 1 aromatic carbocycles. The van der Waals surface area contributed by atoms with Crippen molar-refractivity contribution < 1.29 is 14.2 Å². The molecule has 4 heteroatoms. The summed E-state index contributed by atoms with van der Waals surface area (Å²) < 4.78 is 16.5.